The molecule has 0 unspecified atom stereocenters. The van der Waals surface area contributed by atoms with Gasteiger partial charge in [0.25, 0.3) is 0 Å². The lowest BCUT2D eigenvalue weighted by Gasteiger charge is -2.04. The van der Waals surface area contributed by atoms with Crippen molar-refractivity contribution in [2.24, 2.45) is 0 Å². The van der Waals surface area contributed by atoms with E-state index in [-0.39, 0.29) is 0 Å². The molecule has 0 bridgehead atoms. The minimum absolute atomic E-state index is 0.361. The summed E-state index contributed by atoms with van der Waals surface area (Å²) in [7, 11) is 7.08. The monoisotopic (exact) mass is 398 g/mol. The first-order chi connectivity index (χ1) is 9.91. The molecular formula is C10H22O4S6. The molecule has 0 aliphatic carbocycles. The highest BCUT2D eigenvalue weighted by Crippen LogP contribution is 2.42. The molecule has 0 aromatic heterocycles. The highest BCUT2D eigenvalue weighted by atomic mass is 33.7. The molecule has 10 heteroatoms. The molecule has 0 heterocycles. The molecule has 0 N–H and O–H groups in total. The quantitative estimate of drug-likeness (QED) is 0.167. The van der Waals surface area contributed by atoms with Crippen LogP contribution in [0, 0.1) is 0 Å². The number of thiol groups is 2. The molecule has 0 radical (unpaired) electrons. The average Bonchev–Trinajstić information content (AvgIpc) is 2.47. The van der Waals surface area contributed by atoms with Gasteiger partial charge in [0.1, 0.15) is 13.6 Å². The molecule has 0 saturated carbocycles. The number of ether oxygens (including phenoxy) is 4. The predicted molar refractivity (Wildman–Crippen MR) is 101 cm³/mol. The van der Waals surface area contributed by atoms with E-state index >= 15 is 0 Å². The smallest absolute Gasteiger partial charge is 0.146 e. The van der Waals surface area contributed by atoms with Crippen LogP contribution in [0.15, 0.2) is 0 Å². The molecular weight excluding hydrogens is 377 g/mol. The van der Waals surface area contributed by atoms with Gasteiger partial charge in [-0.25, -0.2) is 0 Å². The zero-order valence-corrected chi connectivity index (χ0v) is 16.3. The lowest BCUT2D eigenvalue weighted by Crippen LogP contribution is -2.04. The molecule has 0 amide bonds. The van der Waals surface area contributed by atoms with Crippen molar-refractivity contribution in [1.82, 2.24) is 0 Å². The van der Waals surface area contributed by atoms with E-state index in [4.69, 9.17) is 18.9 Å². The molecule has 0 spiro atoms. The van der Waals surface area contributed by atoms with Gasteiger partial charge in [0.15, 0.2) is 0 Å². The summed E-state index contributed by atoms with van der Waals surface area (Å²) in [4.78, 5) is 0. The van der Waals surface area contributed by atoms with Gasteiger partial charge in [-0.1, -0.05) is 21.6 Å². The molecule has 0 aliphatic heterocycles. The fraction of sp³-hybridized carbons (Fsp3) is 1.00. The average molecular weight is 399 g/mol. The lowest BCUT2D eigenvalue weighted by atomic mass is 10.8. The van der Waals surface area contributed by atoms with Gasteiger partial charge in [-0.3, -0.25) is 0 Å². The summed E-state index contributed by atoms with van der Waals surface area (Å²) < 4.78 is 20.8. The van der Waals surface area contributed by atoms with E-state index in [9.17, 15) is 0 Å². The maximum absolute atomic E-state index is 5.28. The molecule has 0 fully saturated rings. The minimum atomic E-state index is 0.361. The molecule has 0 saturated heterocycles. The molecule has 122 valence electrons. The van der Waals surface area contributed by atoms with E-state index in [1.807, 2.05) is 0 Å². The summed E-state index contributed by atoms with van der Waals surface area (Å²) in [5, 5.41) is 0. The fourth-order valence-electron chi connectivity index (χ4n) is 0.776. The minimum Gasteiger partial charge on any atom is -0.355 e. The van der Waals surface area contributed by atoms with Crippen LogP contribution in [-0.4, -0.2) is 63.0 Å². The molecule has 0 aliphatic rings. The van der Waals surface area contributed by atoms with Crippen molar-refractivity contribution in [3.05, 3.63) is 0 Å². The van der Waals surface area contributed by atoms with Crippen molar-refractivity contribution < 1.29 is 18.9 Å². The predicted octanol–water partition coefficient (Wildman–Crippen LogP) is 3.51. The van der Waals surface area contributed by atoms with E-state index in [1.165, 1.54) is 0 Å². The Morgan fingerprint density at radius 2 is 1.00 bits per heavy atom. The van der Waals surface area contributed by atoms with E-state index in [0.717, 1.165) is 23.0 Å². The highest BCUT2D eigenvalue weighted by Gasteiger charge is 1.95. The molecule has 0 aromatic rings. The van der Waals surface area contributed by atoms with Crippen molar-refractivity contribution in [2.75, 3.05) is 63.0 Å². The second-order valence-electron chi connectivity index (χ2n) is 3.10. The number of hydrogen-bond donors (Lipinski definition) is 2. The summed E-state index contributed by atoms with van der Waals surface area (Å²) in [5.41, 5.74) is 0. The molecule has 4 nitrogen and oxygen atoms in total. The van der Waals surface area contributed by atoms with Crippen LogP contribution in [-0.2, 0) is 18.9 Å². The van der Waals surface area contributed by atoms with Gasteiger partial charge in [0.2, 0.25) is 0 Å². The first-order valence-electron chi connectivity index (χ1n) is 6.02. The van der Waals surface area contributed by atoms with Gasteiger partial charge in [-0.05, 0) is 19.7 Å². The van der Waals surface area contributed by atoms with Crippen LogP contribution in [0.3, 0.4) is 0 Å². The standard InChI is InChI=1S/C10H22O4S6/c15-5-1-11-9-13-3-7-17-19-20-18-8-4-14-10-12-2-6-16/h15-16H,1-10H2. The van der Waals surface area contributed by atoms with Gasteiger partial charge in [0, 0.05) is 23.0 Å². The van der Waals surface area contributed by atoms with Gasteiger partial charge in [0.05, 0.1) is 26.4 Å². The highest BCUT2D eigenvalue weighted by molar-refractivity contribution is 9.26. The van der Waals surface area contributed by atoms with Crippen LogP contribution in [0.5, 0.6) is 0 Å². The van der Waals surface area contributed by atoms with Gasteiger partial charge >= 0.3 is 0 Å². The Hall–Kier alpha value is 1.94. The van der Waals surface area contributed by atoms with Crippen molar-refractivity contribution in [3.63, 3.8) is 0 Å². The summed E-state index contributed by atoms with van der Waals surface area (Å²) in [6.07, 6.45) is 0. The van der Waals surface area contributed by atoms with Crippen LogP contribution in [0.25, 0.3) is 0 Å². The second-order valence-corrected chi connectivity index (χ2v) is 10.2. The summed E-state index contributed by atoms with van der Waals surface area (Å²) in [6.45, 7) is 3.42. The Bertz CT molecular complexity index is 162. The maximum atomic E-state index is 5.28. The van der Waals surface area contributed by atoms with Gasteiger partial charge in [-0.15, -0.1) is 0 Å². The normalized spacial score (nSPS) is 11.1. The fourth-order valence-corrected chi connectivity index (χ4v) is 6.73. The third-order valence-corrected chi connectivity index (χ3v) is 8.31. The zero-order chi connectivity index (χ0) is 14.7. The van der Waals surface area contributed by atoms with Crippen molar-refractivity contribution in [1.29, 1.82) is 0 Å². The van der Waals surface area contributed by atoms with Crippen molar-refractivity contribution in [3.8, 4) is 0 Å². The largest absolute Gasteiger partial charge is 0.355 e. The Morgan fingerprint density at radius 3 is 1.40 bits per heavy atom. The second kappa shape index (κ2) is 20.9. The van der Waals surface area contributed by atoms with Gasteiger partial charge in [-0.2, -0.15) is 25.3 Å². The van der Waals surface area contributed by atoms with E-state index in [0.29, 0.717) is 40.0 Å². The van der Waals surface area contributed by atoms with Crippen molar-refractivity contribution >= 4 is 66.5 Å². The molecule has 20 heavy (non-hydrogen) atoms. The molecule has 0 aromatic carbocycles. The topological polar surface area (TPSA) is 36.9 Å². The van der Waals surface area contributed by atoms with E-state index < -0.39 is 0 Å². The summed E-state index contributed by atoms with van der Waals surface area (Å²) >= 11 is 8.07. The first-order valence-corrected chi connectivity index (χ1v) is 12.4. The SMILES string of the molecule is SCCOCOCCSSSSCCOCOCCS. The Labute approximate surface area is 147 Å². The number of hydrogen-bond acceptors (Lipinski definition) is 10. The third-order valence-electron chi connectivity index (χ3n) is 1.55. The van der Waals surface area contributed by atoms with Crippen LogP contribution in [0.1, 0.15) is 0 Å². The summed E-state index contributed by atoms with van der Waals surface area (Å²) in [5.74, 6) is 3.37. The van der Waals surface area contributed by atoms with Gasteiger partial charge < -0.3 is 18.9 Å². The third kappa shape index (κ3) is 19.9. The zero-order valence-electron chi connectivity index (χ0n) is 11.2. The van der Waals surface area contributed by atoms with Crippen molar-refractivity contribution in [2.45, 2.75) is 0 Å². The lowest BCUT2D eigenvalue weighted by molar-refractivity contribution is -0.0426. The Balaban J connectivity index is 2.89. The first kappa shape index (κ1) is 21.9. The van der Waals surface area contributed by atoms with Crippen LogP contribution in [0.4, 0.5) is 0 Å². The Kier molecular flexibility index (Phi) is 23.0. The van der Waals surface area contributed by atoms with Crippen LogP contribution < -0.4 is 0 Å². The Morgan fingerprint density at radius 1 is 0.600 bits per heavy atom. The van der Waals surface area contributed by atoms with E-state index in [1.54, 1.807) is 41.2 Å². The van der Waals surface area contributed by atoms with E-state index in [2.05, 4.69) is 25.3 Å². The van der Waals surface area contributed by atoms with Crippen LogP contribution in [0.2, 0.25) is 0 Å². The van der Waals surface area contributed by atoms with Crippen LogP contribution >= 0.6 is 66.5 Å². The molecule has 0 rings (SSSR count). The maximum Gasteiger partial charge on any atom is 0.146 e. The summed E-state index contributed by atoms with van der Waals surface area (Å²) in [6, 6.07) is 0. The number of rotatable bonds is 17. The molecule has 0 atom stereocenters.